The van der Waals surface area contributed by atoms with Gasteiger partial charge in [-0.1, -0.05) is 6.92 Å². The fourth-order valence-electron chi connectivity index (χ4n) is 3.16. The second kappa shape index (κ2) is 5.66. The molecular formula is C14H21F2NO3. The molecule has 0 aromatic rings. The number of carboxylic acids is 1. The van der Waals surface area contributed by atoms with Crippen LogP contribution < -0.4 is 0 Å². The van der Waals surface area contributed by atoms with Gasteiger partial charge in [0.15, 0.2) is 0 Å². The maximum Gasteiger partial charge on any atom is 0.326 e. The van der Waals surface area contributed by atoms with Gasteiger partial charge in [-0.3, -0.25) is 4.79 Å². The van der Waals surface area contributed by atoms with Gasteiger partial charge in [0.2, 0.25) is 11.8 Å². The van der Waals surface area contributed by atoms with Crippen LogP contribution >= 0.6 is 0 Å². The second-order valence-electron chi connectivity index (χ2n) is 6.15. The minimum Gasteiger partial charge on any atom is -0.480 e. The van der Waals surface area contributed by atoms with Gasteiger partial charge in [-0.25, -0.2) is 13.6 Å². The van der Waals surface area contributed by atoms with Crippen LogP contribution in [0.4, 0.5) is 8.78 Å². The third-order valence-electron chi connectivity index (χ3n) is 4.50. The van der Waals surface area contributed by atoms with Crippen molar-refractivity contribution in [3.63, 3.8) is 0 Å². The van der Waals surface area contributed by atoms with Crippen LogP contribution in [-0.4, -0.2) is 40.4 Å². The molecule has 2 fully saturated rings. The fraction of sp³-hybridized carbons (Fsp3) is 0.857. The molecule has 0 spiro atoms. The second-order valence-corrected chi connectivity index (χ2v) is 6.15. The highest BCUT2D eigenvalue weighted by molar-refractivity contribution is 5.85. The highest BCUT2D eigenvalue weighted by Crippen LogP contribution is 2.37. The molecule has 1 aliphatic carbocycles. The number of likely N-dealkylation sites (tertiary alicyclic amines) is 1. The molecule has 1 amide bonds. The standard InChI is InChI=1S/C14H21F2NO3/c1-9-4-7-17(11(8-9)13(19)20)12(18)10-2-5-14(15,16)6-3-10/h9-11H,2-8H2,1H3,(H,19,20). The fourth-order valence-corrected chi connectivity index (χ4v) is 3.16. The topological polar surface area (TPSA) is 57.6 Å². The van der Waals surface area contributed by atoms with Crippen molar-refractivity contribution in [3.8, 4) is 0 Å². The van der Waals surface area contributed by atoms with Crippen molar-refractivity contribution in [2.45, 2.75) is 57.4 Å². The Kier molecular flexibility index (Phi) is 4.30. The molecule has 1 aliphatic heterocycles. The molecule has 1 heterocycles. The lowest BCUT2D eigenvalue weighted by atomic mass is 9.84. The van der Waals surface area contributed by atoms with Gasteiger partial charge in [-0.2, -0.15) is 0 Å². The van der Waals surface area contributed by atoms with Gasteiger partial charge >= 0.3 is 5.97 Å². The summed E-state index contributed by atoms with van der Waals surface area (Å²) in [5, 5.41) is 9.24. The van der Waals surface area contributed by atoms with Gasteiger partial charge in [-0.15, -0.1) is 0 Å². The molecule has 4 nitrogen and oxygen atoms in total. The van der Waals surface area contributed by atoms with E-state index in [1.54, 1.807) is 0 Å². The molecule has 1 saturated heterocycles. The summed E-state index contributed by atoms with van der Waals surface area (Å²) in [5.74, 6) is -4.08. The van der Waals surface area contributed by atoms with Gasteiger partial charge in [0.05, 0.1) is 0 Å². The predicted octanol–water partition coefficient (Wildman–Crippen LogP) is 2.52. The number of hydrogen-bond acceptors (Lipinski definition) is 2. The molecule has 20 heavy (non-hydrogen) atoms. The zero-order valence-electron chi connectivity index (χ0n) is 11.6. The number of carbonyl (C=O) groups is 2. The van der Waals surface area contributed by atoms with Crippen LogP contribution in [0, 0.1) is 11.8 Å². The number of carbonyl (C=O) groups excluding carboxylic acids is 1. The number of piperidine rings is 1. The SMILES string of the molecule is CC1CCN(C(=O)C2CCC(F)(F)CC2)C(C(=O)O)C1. The Morgan fingerprint density at radius 3 is 2.35 bits per heavy atom. The first-order chi connectivity index (χ1) is 9.30. The highest BCUT2D eigenvalue weighted by Gasteiger charge is 2.42. The van der Waals surface area contributed by atoms with E-state index < -0.39 is 23.9 Å². The molecular weight excluding hydrogens is 268 g/mol. The highest BCUT2D eigenvalue weighted by atomic mass is 19.3. The number of hydrogen-bond donors (Lipinski definition) is 1. The van der Waals surface area contributed by atoms with Gasteiger partial charge in [0.1, 0.15) is 6.04 Å². The Balaban J connectivity index is 2.02. The summed E-state index contributed by atoms with van der Waals surface area (Å²) in [6, 6.07) is -0.798. The predicted molar refractivity (Wildman–Crippen MR) is 68.4 cm³/mol. The van der Waals surface area contributed by atoms with Crippen LogP contribution in [0.15, 0.2) is 0 Å². The molecule has 2 aliphatic rings. The summed E-state index contributed by atoms with van der Waals surface area (Å²) in [7, 11) is 0. The Bertz CT molecular complexity index is 390. The molecule has 0 bridgehead atoms. The molecule has 1 N–H and O–H groups in total. The molecule has 1 saturated carbocycles. The van der Waals surface area contributed by atoms with Crippen molar-refractivity contribution in [2.24, 2.45) is 11.8 Å². The van der Waals surface area contributed by atoms with Crippen LogP contribution in [0.2, 0.25) is 0 Å². The van der Waals surface area contributed by atoms with Gasteiger partial charge in [-0.05, 0) is 31.6 Å². The largest absolute Gasteiger partial charge is 0.480 e. The Morgan fingerprint density at radius 2 is 1.80 bits per heavy atom. The Labute approximate surface area is 117 Å². The van der Waals surface area contributed by atoms with E-state index in [1.165, 1.54) is 4.90 Å². The van der Waals surface area contributed by atoms with Crippen LogP contribution in [0.3, 0.4) is 0 Å². The van der Waals surface area contributed by atoms with Crippen LogP contribution in [-0.2, 0) is 9.59 Å². The maximum atomic E-state index is 13.1. The first-order valence-electron chi connectivity index (χ1n) is 7.21. The van der Waals surface area contributed by atoms with E-state index in [1.807, 2.05) is 6.92 Å². The molecule has 0 aromatic carbocycles. The van der Waals surface area contributed by atoms with Crippen molar-refractivity contribution < 1.29 is 23.5 Å². The van der Waals surface area contributed by atoms with Gasteiger partial charge < -0.3 is 10.0 Å². The van der Waals surface area contributed by atoms with Crippen molar-refractivity contribution in [3.05, 3.63) is 0 Å². The molecule has 114 valence electrons. The van der Waals surface area contributed by atoms with E-state index in [2.05, 4.69) is 0 Å². The zero-order valence-corrected chi connectivity index (χ0v) is 11.6. The van der Waals surface area contributed by atoms with Gasteiger partial charge in [0, 0.05) is 25.3 Å². The van der Waals surface area contributed by atoms with E-state index in [-0.39, 0.29) is 37.5 Å². The monoisotopic (exact) mass is 289 g/mol. The number of halogens is 2. The van der Waals surface area contributed by atoms with Crippen molar-refractivity contribution in [2.75, 3.05) is 6.54 Å². The van der Waals surface area contributed by atoms with Crippen molar-refractivity contribution >= 4 is 11.9 Å². The van der Waals surface area contributed by atoms with Crippen LogP contribution in [0.1, 0.15) is 45.4 Å². The number of carboxylic acid groups (broad SMARTS) is 1. The minimum absolute atomic E-state index is 0.157. The smallest absolute Gasteiger partial charge is 0.326 e. The van der Waals surface area contributed by atoms with E-state index in [9.17, 15) is 23.5 Å². The number of rotatable bonds is 2. The van der Waals surface area contributed by atoms with Crippen molar-refractivity contribution in [1.29, 1.82) is 0 Å². The number of amides is 1. The van der Waals surface area contributed by atoms with E-state index in [4.69, 9.17) is 0 Å². The lowest BCUT2D eigenvalue weighted by molar-refractivity contribution is -0.156. The molecule has 2 unspecified atom stereocenters. The number of alkyl halides is 2. The van der Waals surface area contributed by atoms with Crippen LogP contribution in [0.5, 0.6) is 0 Å². The third kappa shape index (κ3) is 3.27. The summed E-state index contributed by atoms with van der Waals surface area (Å²) in [6.45, 7) is 2.39. The zero-order chi connectivity index (χ0) is 14.9. The summed E-state index contributed by atoms with van der Waals surface area (Å²) in [4.78, 5) is 25.1. The lowest BCUT2D eigenvalue weighted by Crippen LogP contribution is -2.52. The third-order valence-corrected chi connectivity index (χ3v) is 4.50. The van der Waals surface area contributed by atoms with Crippen LogP contribution in [0.25, 0.3) is 0 Å². The Hall–Kier alpha value is -1.20. The van der Waals surface area contributed by atoms with E-state index >= 15 is 0 Å². The van der Waals surface area contributed by atoms with E-state index in [0.717, 1.165) is 6.42 Å². The molecule has 0 aromatic heterocycles. The molecule has 6 heteroatoms. The summed E-state index contributed by atoms with van der Waals surface area (Å²) in [6.07, 6.45) is 0.994. The maximum absolute atomic E-state index is 13.1. The van der Waals surface area contributed by atoms with Crippen molar-refractivity contribution in [1.82, 2.24) is 4.90 Å². The number of aliphatic carboxylic acids is 1. The van der Waals surface area contributed by atoms with E-state index in [0.29, 0.717) is 13.0 Å². The summed E-state index contributed by atoms with van der Waals surface area (Å²) in [5.41, 5.74) is 0. The lowest BCUT2D eigenvalue weighted by Gasteiger charge is -2.39. The Morgan fingerprint density at radius 1 is 1.20 bits per heavy atom. The quantitative estimate of drug-likeness (QED) is 0.850. The molecule has 2 atom stereocenters. The normalized spacial score (nSPS) is 31.1. The molecule has 2 rings (SSSR count). The van der Waals surface area contributed by atoms with Gasteiger partial charge in [0.25, 0.3) is 0 Å². The molecule has 0 radical (unpaired) electrons. The number of nitrogens with zero attached hydrogens (tertiary/aromatic N) is 1. The first kappa shape index (κ1) is 15.2. The first-order valence-corrected chi connectivity index (χ1v) is 7.21. The summed E-state index contributed by atoms with van der Waals surface area (Å²) < 4.78 is 26.2. The summed E-state index contributed by atoms with van der Waals surface area (Å²) >= 11 is 0. The average molecular weight is 289 g/mol. The minimum atomic E-state index is -2.67. The average Bonchev–Trinajstić information content (AvgIpc) is 2.37.